The molecule has 0 bridgehead atoms. The first-order chi connectivity index (χ1) is 9.07. The average Bonchev–Trinajstić information content (AvgIpc) is 2.86. The van der Waals surface area contributed by atoms with Crippen LogP contribution in [0, 0.1) is 0 Å². The zero-order chi connectivity index (χ0) is 13.5. The Kier molecular flexibility index (Phi) is 2.96. The van der Waals surface area contributed by atoms with Crippen LogP contribution in [-0.4, -0.2) is 10.1 Å². The van der Waals surface area contributed by atoms with Crippen LogP contribution in [0.1, 0.15) is 18.1 Å². The highest BCUT2D eigenvalue weighted by atomic mass is 79.9. The number of aromatic amines is 1. The van der Waals surface area contributed by atoms with E-state index in [4.69, 9.17) is 0 Å². The number of fused-ring (bicyclic) bond motifs is 1. The van der Waals surface area contributed by atoms with Crippen LogP contribution >= 0.6 is 15.9 Å². The Labute approximate surface area is 120 Å². The Balaban J connectivity index is 2.09. The Bertz CT molecular complexity index is 713. The molecule has 0 saturated carbocycles. The van der Waals surface area contributed by atoms with Gasteiger partial charge in [-0.3, -0.25) is 0 Å². The summed E-state index contributed by atoms with van der Waals surface area (Å²) in [7, 11) is 0. The topological polar surface area (TPSA) is 36.0 Å². The second-order valence-electron chi connectivity index (χ2n) is 4.86. The van der Waals surface area contributed by atoms with E-state index >= 15 is 0 Å². The number of aliphatic hydroxyl groups is 1. The maximum atomic E-state index is 10.8. The van der Waals surface area contributed by atoms with Gasteiger partial charge in [-0.05, 0) is 53.8 Å². The van der Waals surface area contributed by atoms with Crippen LogP contribution in [0.5, 0.6) is 0 Å². The third-order valence-corrected chi connectivity index (χ3v) is 4.05. The fourth-order valence-corrected chi connectivity index (χ4v) is 2.56. The summed E-state index contributed by atoms with van der Waals surface area (Å²) in [6.07, 6.45) is 1.91. The molecule has 1 unspecified atom stereocenters. The minimum Gasteiger partial charge on any atom is -0.381 e. The first kappa shape index (κ1) is 12.5. The van der Waals surface area contributed by atoms with E-state index in [0.717, 1.165) is 26.5 Å². The van der Waals surface area contributed by atoms with Gasteiger partial charge in [-0.25, -0.2) is 0 Å². The lowest BCUT2D eigenvalue weighted by Gasteiger charge is -2.24. The molecular formula is C16H14BrNO. The maximum Gasteiger partial charge on any atom is 0.112 e. The Morgan fingerprint density at radius 2 is 1.68 bits per heavy atom. The van der Waals surface area contributed by atoms with Gasteiger partial charge in [0.25, 0.3) is 0 Å². The molecule has 3 heteroatoms. The van der Waals surface area contributed by atoms with Crippen LogP contribution in [0.4, 0.5) is 0 Å². The van der Waals surface area contributed by atoms with Crippen LogP contribution in [0.25, 0.3) is 10.9 Å². The fourth-order valence-electron chi connectivity index (χ4n) is 2.30. The molecule has 3 aromatic rings. The van der Waals surface area contributed by atoms with E-state index in [-0.39, 0.29) is 0 Å². The molecule has 0 aliphatic carbocycles. The number of aromatic nitrogens is 1. The van der Waals surface area contributed by atoms with E-state index in [1.807, 2.05) is 61.7 Å². The molecule has 2 nitrogen and oxygen atoms in total. The summed E-state index contributed by atoms with van der Waals surface area (Å²) in [5.41, 5.74) is 1.86. The van der Waals surface area contributed by atoms with Crippen LogP contribution in [0.2, 0.25) is 0 Å². The van der Waals surface area contributed by atoms with Crippen molar-refractivity contribution < 1.29 is 5.11 Å². The number of rotatable bonds is 2. The highest BCUT2D eigenvalue weighted by Crippen LogP contribution is 2.31. The molecule has 2 N–H and O–H groups in total. The van der Waals surface area contributed by atoms with E-state index in [1.165, 1.54) is 0 Å². The van der Waals surface area contributed by atoms with Crippen molar-refractivity contribution in [2.24, 2.45) is 0 Å². The number of nitrogens with one attached hydrogen (secondary N) is 1. The minimum atomic E-state index is -0.994. The third kappa shape index (κ3) is 2.20. The van der Waals surface area contributed by atoms with Crippen molar-refractivity contribution in [2.45, 2.75) is 12.5 Å². The number of hydrogen-bond donors (Lipinski definition) is 2. The summed E-state index contributed by atoms with van der Waals surface area (Å²) in [6, 6.07) is 15.7. The molecule has 0 radical (unpaired) electrons. The van der Waals surface area contributed by atoms with Crippen molar-refractivity contribution in [1.82, 2.24) is 4.98 Å². The first-order valence-electron chi connectivity index (χ1n) is 6.13. The molecule has 0 aliphatic rings. The van der Waals surface area contributed by atoms with Gasteiger partial charge in [-0.1, -0.05) is 34.1 Å². The van der Waals surface area contributed by atoms with Crippen LogP contribution in [0.3, 0.4) is 0 Å². The van der Waals surface area contributed by atoms with Crippen LogP contribution < -0.4 is 0 Å². The van der Waals surface area contributed by atoms with Gasteiger partial charge >= 0.3 is 0 Å². The van der Waals surface area contributed by atoms with Gasteiger partial charge < -0.3 is 10.1 Å². The summed E-state index contributed by atoms with van der Waals surface area (Å²) in [4.78, 5) is 3.16. The van der Waals surface area contributed by atoms with Gasteiger partial charge in [0.15, 0.2) is 0 Å². The molecule has 96 valence electrons. The van der Waals surface area contributed by atoms with Crippen molar-refractivity contribution in [3.05, 3.63) is 70.3 Å². The lowest BCUT2D eigenvalue weighted by Crippen LogP contribution is -2.22. The summed E-state index contributed by atoms with van der Waals surface area (Å²) < 4.78 is 1.01. The van der Waals surface area contributed by atoms with Crippen molar-refractivity contribution >= 4 is 26.8 Å². The Morgan fingerprint density at radius 1 is 1.00 bits per heavy atom. The lowest BCUT2D eigenvalue weighted by molar-refractivity contribution is 0.102. The van der Waals surface area contributed by atoms with Crippen molar-refractivity contribution in [3.63, 3.8) is 0 Å². The Morgan fingerprint density at radius 3 is 2.42 bits per heavy atom. The maximum absolute atomic E-state index is 10.8. The number of benzene rings is 2. The molecule has 0 saturated heterocycles. The number of hydrogen-bond acceptors (Lipinski definition) is 1. The SMILES string of the molecule is CC(O)(c1ccc(Br)cc1)c1ccc2[nH]ccc2c1. The van der Waals surface area contributed by atoms with E-state index < -0.39 is 5.60 Å². The zero-order valence-corrected chi connectivity index (χ0v) is 12.1. The molecule has 1 aromatic heterocycles. The number of halogens is 1. The third-order valence-electron chi connectivity index (χ3n) is 3.52. The minimum absolute atomic E-state index is 0.880. The highest BCUT2D eigenvalue weighted by Gasteiger charge is 2.25. The molecule has 0 aliphatic heterocycles. The molecule has 0 fully saturated rings. The predicted molar refractivity (Wildman–Crippen MR) is 81.1 cm³/mol. The van der Waals surface area contributed by atoms with Crippen molar-refractivity contribution in [2.75, 3.05) is 0 Å². The molecule has 2 aromatic carbocycles. The Hall–Kier alpha value is -1.58. The lowest BCUT2D eigenvalue weighted by atomic mass is 9.88. The second kappa shape index (κ2) is 4.51. The quantitative estimate of drug-likeness (QED) is 0.731. The summed E-state index contributed by atoms with van der Waals surface area (Å²) in [5, 5.41) is 11.9. The predicted octanol–water partition coefficient (Wildman–Crippen LogP) is 4.19. The molecule has 1 heterocycles. The van der Waals surface area contributed by atoms with Gasteiger partial charge in [-0.15, -0.1) is 0 Å². The molecule has 1 atom stereocenters. The molecule has 0 spiro atoms. The van der Waals surface area contributed by atoms with Crippen molar-refractivity contribution in [3.8, 4) is 0 Å². The van der Waals surface area contributed by atoms with Gasteiger partial charge in [0.2, 0.25) is 0 Å². The van der Waals surface area contributed by atoms with Crippen molar-refractivity contribution in [1.29, 1.82) is 0 Å². The normalized spacial score (nSPS) is 14.5. The van der Waals surface area contributed by atoms with Gasteiger partial charge in [0, 0.05) is 16.2 Å². The summed E-state index contributed by atoms with van der Waals surface area (Å²) >= 11 is 3.41. The van der Waals surface area contributed by atoms with E-state index in [1.54, 1.807) is 0 Å². The second-order valence-corrected chi connectivity index (χ2v) is 5.77. The van der Waals surface area contributed by atoms with Gasteiger partial charge in [0.05, 0.1) is 0 Å². The van der Waals surface area contributed by atoms with Crippen LogP contribution in [-0.2, 0) is 5.60 Å². The van der Waals surface area contributed by atoms with Gasteiger partial charge in [-0.2, -0.15) is 0 Å². The van der Waals surface area contributed by atoms with E-state index in [2.05, 4.69) is 20.9 Å². The first-order valence-corrected chi connectivity index (χ1v) is 6.93. The van der Waals surface area contributed by atoms with Gasteiger partial charge in [0.1, 0.15) is 5.60 Å². The standard InChI is InChI=1S/C16H14BrNO/c1-16(19,12-2-5-14(17)6-3-12)13-4-7-15-11(10-13)8-9-18-15/h2-10,18-19H,1H3. The average molecular weight is 316 g/mol. The summed E-state index contributed by atoms with van der Waals surface area (Å²) in [5.74, 6) is 0. The van der Waals surface area contributed by atoms with E-state index in [9.17, 15) is 5.11 Å². The fraction of sp³-hybridized carbons (Fsp3) is 0.125. The van der Waals surface area contributed by atoms with Crippen LogP contribution in [0.15, 0.2) is 59.2 Å². The monoisotopic (exact) mass is 315 g/mol. The molecule has 0 amide bonds. The number of H-pyrrole nitrogens is 1. The summed E-state index contributed by atoms with van der Waals surface area (Å²) in [6.45, 7) is 1.82. The molecular weight excluding hydrogens is 302 g/mol. The molecule has 19 heavy (non-hydrogen) atoms. The highest BCUT2D eigenvalue weighted by molar-refractivity contribution is 9.10. The largest absolute Gasteiger partial charge is 0.381 e. The zero-order valence-electron chi connectivity index (χ0n) is 10.5. The van der Waals surface area contributed by atoms with E-state index in [0.29, 0.717) is 0 Å². The molecule has 3 rings (SSSR count). The smallest absolute Gasteiger partial charge is 0.112 e.